The Hall–Kier alpha value is -1.27. The standard InChI is InChI=1S/C14H17F2NO3/c1-18-12-3-2-10(9-17-12)11-8-13(19-6-7-20-13)4-5-14(11,15)16/h2-3,9,11H,4-8H2,1H3. The van der Waals surface area contributed by atoms with Gasteiger partial charge < -0.3 is 14.2 Å². The number of hydrogen-bond donors (Lipinski definition) is 0. The summed E-state index contributed by atoms with van der Waals surface area (Å²) in [6.45, 7) is 0.943. The molecule has 0 N–H and O–H groups in total. The number of ether oxygens (including phenoxy) is 3. The SMILES string of the molecule is COc1ccc(C2CC3(CCC2(F)F)OCCO3)cn1. The third kappa shape index (κ3) is 2.38. The second-order valence-electron chi connectivity index (χ2n) is 5.26. The maximum atomic E-state index is 14.2. The number of halogens is 2. The van der Waals surface area contributed by atoms with E-state index in [9.17, 15) is 8.78 Å². The fraction of sp³-hybridized carbons (Fsp3) is 0.643. The molecule has 4 nitrogen and oxygen atoms in total. The van der Waals surface area contributed by atoms with E-state index >= 15 is 0 Å². The molecule has 110 valence electrons. The van der Waals surface area contributed by atoms with Crippen molar-refractivity contribution in [2.75, 3.05) is 20.3 Å². The van der Waals surface area contributed by atoms with E-state index in [0.29, 0.717) is 24.7 Å². The summed E-state index contributed by atoms with van der Waals surface area (Å²) in [5.74, 6) is -4.13. The van der Waals surface area contributed by atoms with E-state index in [4.69, 9.17) is 14.2 Å². The predicted molar refractivity (Wildman–Crippen MR) is 67.0 cm³/mol. The van der Waals surface area contributed by atoms with Crippen LogP contribution >= 0.6 is 0 Å². The fourth-order valence-electron chi connectivity index (χ4n) is 2.93. The van der Waals surface area contributed by atoms with Crippen LogP contribution in [0, 0.1) is 0 Å². The van der Waals surface area contributed by atoms with Crippen molar-refractivity contribution in [2.24, 2.45) is 0 Å². The van der Waals surface area contributed by atoms with E-state index in [1.165, 1.54) is 13.3 Å². The summed E-state index contributed by atoms with van der Waals surface area (Å²) in [6.07, 6.45) is 1.61. The van der Waals surface area contributed by atoms with E-state index in [2.05, 4.69) is 4.98 Å². The van der Waals surface area contributed by atoms with Gasteiger partial charge in [-0.15, -0.1) is 0 Å². The van der Waals surface area contributed by atoms with Gasteiger partial charge in [-0.05, 0) is 5.56 Å². The number of rotatable bonds is 2. The number of methoxy groups -OCH3 is 1. The van der Waals surface area contributed by atoms with Crippen LogP contribution in [0.4, 0.5) is 8.78 Å². The minimum absolute atomic E-state index is 0.161. The van der Waals surface area contributed by atoms with Crippen LogP contribution in [0.5, 0.6) is 5.88 Å². The first kappa shape index (κ1) is 13.7. The summed E-state index contributed by atoms with van der Waals surface area (Å²) in [5.41, 5.74) is 0.494. The molecule has 6 heteroatoms. The molecular weight excluding hydrogens is 268 g/mol. The Labute approximate surface area is 116 Å². The van der Waals surface area contributed by atoms with Crippen molar-refractivity contribution >= 4 is 0 Å². The molecule has 2 fully saturated rings. The van der Waals surface area contributed by atoms with Crippen LogP contribution < -0.4 is 4.74 Å². The molecule has 1 spiro atoms. The molecule has 0 radical (unpaired) electrons. The molecule has 1 aromatic heterocycles. The molecule has 0 aromatic carbocycles. The topological polar surface area (TPSA) is 40.6 Å². The maximum Gasteiger partial charge on any atom is 0.255 e. The van der Waals surface area contributed by atoms with Crippen LogP contribution in [-0.2, 0) is 9.47 Å². The van der Waals surface area contributed by atoms with Gasteiger partial charge in [-0.1, -0.05) is 6.07 Å². The zero-order valence-corrected chi connectivity index (χ0v) is 11.3. The molecule has 1 aliphatic carbocycles. The van der Waals surface area contributed by atoms with Crippen LogP contribution in [0.15, 0.2) is 18.3 Å². The van der Waals surface area contributed by atoms with Gasteiger partial charge in [-0.25, -0.2) is 13.8 Å². The largest absolute Gasteiger partial charge is 0.481 e. The summed E-state index contributed by atoms with van der Waals surface area (Å²) in [6, 6.07) is 3.24. The van der Waals surface area contributed by atoms with Gasteiger partial charge in [0.05, 0.1) is 26.2 Å². The van der Waals surface area contributed by atoms with E-state index in [0.717, 1.165) is 0 Å². The molecule has 1 atom stereocenters. The van der Waals surface area contributed by atoms with Crippen LogP contribution in [-0.4, -0.2) is 37.0 Å². The molecule has 1 aliphatic heterocycles. The van der Waals surface area contributed by atoms with Crippen LogP contribution in [0.1, 0.15) is 30.7 Å². The van der Waals surface area contributed by atoms with Crippen molar-refractivity contribution in [3.63, 3.8) is 0 Å². The van der Waals surface area contributed by atoms with Crippen molar-refractivity contribution in [2.45, 2.75) is 36.9 Å². The van der Waals surface area contributed by atoms with Gasteiger partial charge in [0.2, 0.25) is 5.88 Å². The van der Waals surface area contributed by atoms with Gasteiger partial charge in [0.1, 0.15) is 0 Å². The van der Waals surface area contributed by atoms with Crippen LogP contribution in [0.25, 0.3) is 0 Å². The monoisotopic (exact) mass is 285 g/mol. The fourth-order valence-corrected chi connectivity index (χ4v) is 2.93. The first-order valence-corrected chi connectivity index (χ1v) is 6.70. The lowest BCUT2D eigenvalue weighted by Gasteiger charge is -2.41. The van der Waals surface area contributed by atoms with Crippen molar-refractivity contribution in [1.82, 2.24) is 4.98 Å². The maximum absolute atomic E-state index is 14.2. The zero-order chi connectivity index (χ0) is 14.2. The molecule has 0 amide bonds. The van der Waals surface area contributed by atoms with E-state index < -0.39 is 17.6 Å². The van der Waals surface area contributed by atoms with Crippen molar-refractivity contribution in [3.05, 3.63) is 23.9 Å². The molecule has 20 heavy (non-hydrogen) atoms. The van der Waals surface area contributed by atoms with Gasteiger partial charge in [0.15, 0.2) is 5.79 Å². The second-order valence-corrected chi connectivity index (χ2v) is 5.26. The highest BCUT2D eigenvalue weighted by Gasteiger charge is 2.53. The average Bonchev–Trinajstić information content (AvgIpc) is 2.91. The lowest BCUT2D eigenvalue weighted by Crippen LogP contribution is -2.44. The molecule has 2 heterocycles. The minimum atomic E-state index is -2.77. The van der Waals surface area contributed by atoms with E-state index in [-0.39, 0.29) is 19.3 Å². The Morgan fingerprint density at radius 2 is 2.00 bits per heavy atom. The Kier molecular flexibility index (Phi) is 3.38. The van der Waals surface area contributed by atoms with Gasteiger partial charge >= 0.3 is 0 Å². The van der Waals surface area contributed by atoms with Crippen LogP contribution in [0.3, 0.4) is 0 Å². The second kappa shape index (κ2) is 4.93. The first-order chi connectivity index (χ1) is 9.55. The molecule has 1 unspecified atom stereocenters. The highest BCUT2D eigenvalue weighted by molar-refractivity contribution is 5.24. The Balaban J connectivity index is 1.86. The quantitative estimate of drug-likeness (QED) is 0.837. The van der Waals surface area contributed by atoms with Gasteiger partial charge in [0.25, 0.3) is 5.92 Å². The Bertz CT molecular complexity index is 472. The van der Waals surface area contributed by atoms with Gasteiger partial charge in [0, 0.05) is 31.5 Å². The van der Waals surface area contributed by atoms with Crippen molar-refractivity contribution < 1.29 is 23.0 Å². The van der Waals surface area contributed by atoms with Gasteiger partial charge in [-0.3, -0.25) is 0 Å². The minimum Gasteiger partial charge on any atom is -0.481 e. The van der Waals surface area contributed by atoms with E-state index in [1.54, 1.807) is 12.1 Å². The number of alkyl halides is 2. The summed E-state index contributed by atoms with van der Waals surface area (Å²) >= 11 is 0. The third-order valence-electron chi connectivity index (χ3n) is 4.05. The Morgan fingerprint density at radius 1 is 1.25 bits per heavy atom. The van der Waals surface area contributed by atoms with Crippen LogP contribution in [0.2, 0.25) is 0 Å². The van der Waals surface area contributed by atoms with Gasteiger partial charge in [-0.2, -0.15) is 0 Å². The van der Waals surface area contributed by atoms with Crippen molar-refractivity contribution in [1.29, 1.82) is 0 Å². The summed E-state index contributed by atoms with van der Waals surface area (Å²) in [4.78, 5) is 4.02. The average molecular weight is 285 g/mol. The molecule has 0 bridgehead atoms. The highest BCUT2D eigenvalue weighted by atomic mass is 19.3. The lowest BCUT2D eigenvalue weighted by molar-refractivity contribution is -0.218. The normalized spacial score (nSPS) is 27.6. The predicted octanol–water partition coefficient (Wildman–Crippen LogP) is 2.74. The number of hydrogen-bond acceptors (Lipinski definition) is 4. The molecule has 2 aliphatic rings. The first-order valence-electron chi connectivity index (χ1n) is 6.70. The molecule has 1 saturated heterocycles. The van der Waals surface area contributed by atoms with E-state index in [1.807, 2.05) is 0 Å². The highest BCUT2D eigenvalue weighted by Crippen LogP contribution is 2.50. The summed E-state index contributed by atoms with van der Waals surface area (Å²) in [5, 5.41) is 0. The number of pyridine rings is 1. The Morgan fingerprint density at radius 3 is 2.60 bits per heavy atom. The van der Waals surface area contributed by atoms with Crippen molar-refractivity contribution in [3.8, 4) is 5.88 Å². The molecule has 1 aromatic rings. The number of aromatic nitrogens is 1. The zero-order valence-electron chi connectivity index (χ0n) is 11.3. The molecular formula is C14H17F2NO3. The third-order valence-corrected chi connectivity index (χ3v) is 4.05. The summed E-state index contributed by atoms with van der Waals surface area (Å²) < 4.78 is 44.5. The lowest BCUT2D eigenvalue weighted by atomic mass is 9.78. The smallest absolute Gasteiger partial charge is 0.255 e. The summed E-state index contributed by atoms with van der Waals surface area (Å²) in [7, 11) is 1.49. The number of nitrogens with zero attached hydrogens (tertiary/aromatic N) is 1. The molecule has 1 saturated carbocycles. The molecule has 3 rings (SSSR count).